The summed E-state index contributed by atoms with van der Waals surface area (Å²) in [5, 5.41) is 6.32. The average molecular weight is 491 g/mol. The second-order valence-corrected chi connectivity index (χ2v) is 9.72. The number of rotatable bonds is 9. The van der Waals surface area contributed by atoms with Crippen LogP contribution in [0.2, 0.25) is 0 Å². The molecule has 1 saturated carbocycles. The van der Waals surface area contributed by atoms with E-state index >= 15 is 0 Å². The summed E-state index contributed by atoms with van der Waals surface area (Å²) >= 11 is 0. The standard InChI is InChI=1S/C28H34N4O4/c1-19-14-15-23(20(2)17-19)30-26(34)18-32-24-12-6-5-11-22(24)27(35)31(28(32)36)16-8-7-13-25(33)29-21-9-3-4-10-21/h5-6,11-12,14-15,17,21H,3-4,7-10,13,16,18H2,1-2H3,(H,29,33)(H,30,34). The van der Waals surface area contributed by atoms with Crippen LogP contribution in [0.4, 0.5) is 5.69 Å². The number of nitrogens with one attached hydrogen (secondary N) is 2. The van der Waals surface area contributed by atoms with Gasteiger partial charge in [-0.15, -0.1) is 0 Å². The Hall–Kier alpha value is -3.68. The summed E-state index contributed by atoms with van der Waals surface area (Å²) in [4.78, 5) is 51.5. The Balaban J connectivity index is 1.48. The van der Waals surface area contributed by atoms with Crippen molar-refractivity contribution in [3.63, 3.8) is 0 Å². The van der Waals surface area contributed by atoms with Gasteiger partial charge in [-0.2, -0.15) is 0 Å². The van der Waals surface area contributed by atoms with Crippen LogP contribution in [0, 0.1) is 13.8 Å². The molecule has 0 radical (unpaired) electrons. The highest BCUT2D eigenvalue weighted by molar-refractivity contribution is 5.92. The number of amides is 2. The summed E-state index contributed by atoms with van der Waals surface area (Å²) < 4.78 is 2.53. The molecule has 8 heteroatoms. The molecule has 0 saturated heterocycles. The number of unbranched alkanes of at least 4 members (excludes halogenated alkanes) is 1. The molecule has 0 aliphatic heterocycles. The van der Waals surface area contributed by atoms with Crippen molar-refractivity contribution in [2.45, 2.75) is 77.9 Å². The van der Waals surface area contributed by atoms with Crippen LogP contribution in [-0.2, 0) is 22.7 Å². The van der Waals surface area contributed by atoms with Gasteiger partial charge in [0, 0.05) is 24.7 Å². The van der Waals surface area contributed by atoms with E-state index in [1.165, 1.54) is 9.13 Å². The van der Waals surface area contributed by atoms with Crippen molar-refractivity contribution in [2.24, 2.45) is 0 Å². The zero-order valence-corrected chi connectivity index (χ0v) is 21.0. The van der Waals surface area contributed by atoms with Crippen LogP contribution in [-0.4, -0.2) is 27.0 Å². The summed E-state index contributed by atoms with van der Waals surface area (Å²) in [7, 11) is 0. The minimum atomic E-state index is -0.523. The summed E-state index contributed by atoms with van der Waals surface area (Å²) in [6, 6.07) is 12.8. The first-order valence-electron chi connectivity index (χ1n) is 12.7. The van der Waals surface area contributed by atoms with E-state index in [-0.39, 0.29) is 36.5 Å². The van der Waals surface area contributed by atoms with Crippen LogP contribution in [0.1, 0.15) is 56.1 Å². The average Bonchev–Trinajstić information content (AvgIpc) is 3.36. The van der Waals surface area contributed by atoms with Crippen molar-refractivity contribution in [3.8, 4) is 0 Å². The first kappa shape index (κ1) is 25.4. The van der Waals surface area contributed by atoms with Crippen LogP contribution >= 0.6 is 0 Å². The molecule has 0 spiro atoms. The number of carbonyl (C=O) groups excluding carboxylic acids is 2. The lowest BCUT2D eigenvalue weighted by Crippen LogP contribution is -2.41. The molecule has 2 amide bonds. The number of benzene rings is 2. The van der Waals surface area contributed by atoms with Gasteiger partial charge in [-0.05, 0) is 63.3 Å². The Morgan fingerprint density at radius 2 is 1.69 bits per heavy atom. The van der Waals surface area contributed by atoms with E-state index in [2.05, 4.69) is 10.6 Å². The summed E-state index contributed by atoms with van der Waals surface area (Å²) in [6.45, 7) is 3.88. The quantitative estimate of drug-likeness (QED) is 0.447. The number of carbonyl (C=O) groups is 2. The number of nitrogens with zero attached hydrogens (tertiary/aromatic N) is 2. The Kier molecular flexibility index (Phi) is 8.03. The van der Waals surface area contributed by atoms with Crippen molar-refractivity contribution in [2.75, 3.05) is 5.32 Å². The van der Waals surface area contributed by atoms with Gasteiger partial charge in [0.1, 0.15) is 6.54 Å². The molecule has 1 fully saturated rings. The van der Waals surface area contributed by atoms with Gasteiger partial charge in [-0.3, -0.25) is 23.5 Å². The maximum Gasteiger partial charge on any atom is 0.331 e. The number of para-hydroxylation sites is 1. The van der Waals surface area contributed by atoms with E-state index in [9.17, 15) is 19.2 Å². The van der Waals surface area contributed by atoms with Gasteiger partial charge in [-0.1, -0.05) is 42.7 Å². The van der Waals surface area contributed by atoms with Gasteiger partial charge in [0.05, 0.1) is 10.9 Å². The van der Waals surface area contributed by atoms with Gasteiger partial charge < -0.3 is 10.6 Å². The Morgan fingerprint density at radius 3 is 2.44 bits per heavy atom. The summed E-state index contributed by atoms with van der Waals surface area (Å²) in [6.07, 6.45) is 5.84. The molecule has 1 aromatic heterocycles. The number of aromatic nitrogens is 2. The summed E-state index contributed by atoms with van der Waals surface area (Å²) in [5.41, 5.74) is 2.24. The molecule has 0 unspecified atom stereocenters. The highest BCUT2D eigenvalue weighted by Gasteiger charge is 2.18. The van der Waals surface area contributed by atoms with Crippen molar-refractivity contribution in [3.05, 3.63) is 74.4 Å². The Labute approximate surface area is 210 Å². The molecule has 36 heavy (non-hydrogen) atoms. The molecule has 3 aromatic rings. The molecule has 0 bridgehead atoms. The van der Waals surface area contributed by atoms with Crippen LogP contribution in [0.5, 0.6) is 0 Å². The van der Waals surface area contributed by atoms with Crippen LogP contribution in [0.3, 0.4) is 0 Å². The molecule has 4 rings (SSSR count). The number of anilines is 1. The predicted molar refractivity (Wildman–Crippen MR) is 141 cm³/mol. The first-order chi connectivity index (χ1) is 17.3. The van der Waals surface area contributed by atoms with Gasteiger partial charge in [0.15, 0.2) is 0 Å². The second-order valence-electron chi connectivity index (χ2n) is 9.72. The maximum atomic E-state index is 13.3. The van der Waals surface area contributed by atoms with E-state index in [1.807, 2.05) is 32.0 Å². The Morgan fingerprint density at radius 1 is 0.944 bits per heavy atom. The minimum Gasteiger partial charge on any atom is -0.353 e. The molecule has 1 aliphatic rings. The van der Waals surface area contributed by atoms with E-state index < -0.39 is 5.69 Å². The Bertz CT molecular complexity index is 1380. The topological polar surface area (TPSA) is 102 Å². The third-order valence-electron chi connectivity index (χ3n) is 6.85. The van der Waals surface area contributed by atoms with Crippen molar-refractivity contribution in [1.82, 2.24) is 14.5 Å². The van der Waals surface area contributed by atoms with E-state index in [4.69, 9.17) is 0 Å². The molecule has 1 heterocycles. The van der Waals surface area contributed by atoms with Crippen LogP contribution in [0.25, 0.3) is 10.9 Å². The number of aryl methyl sites for hydroxylation is 2. The summed E-state index contributed by atoms with van der Waals surface area (Å²) in [5.74, 6) is -0.323. The zero-order chi connectivity index (χ0) is 25.7. The first-order valence-corrected chi connectivity index (χ1v) is 12.7. The second kappa shape index (κ2) is 11.4. The van der Waals surface area contributed by atoms with Crippen molar-refractivity contribution >= 4 is 28.4 Å². The minimum absolute atomic E-state index is 0.0215. The van der Waals surface area contributed by atoms with Crippen molar-refractivity contribution in [1.29, 1.82) is 0 Å². The van der Waals surface area contributed by atoms with E-state index in [0.29, 0.717) is 35.9 Å². The SMILES string of the molecule is Cc1ccc(NC(=O)Cn2c(=O)n(CCCCC(=O)NC3CCCC3)c(=O)c3ccccc32)c(C)c1. The highest BCUT2D eigenvalue weighted by Crippen LogP contribution is 2.18. The molecule has 2 aromatic carbocycles. The molecular weight excluding hydrogens is 456 g/mol. The van der Waals surface area contributed by atoms with E-state index in [1.54, 1.807) is 24.3 Å². The molecule has 1 aliphatic carbocycles. The number of fused-ring (bicyclic) bond motifs is 1. The van der Waals surface area contributed by atoms with Crippen LogP contribution < -0.4 is 21.9 Å². The maximum absolute atomic E-state index is 13.3. The molecule has 190 valence electrons. The lowest BCUT2D eigenvalue weighted by molar-refractivity contribution is -0.122. The fraction of sp³-hybridized carbons (Fsp3) is 0.429. The van der Waals surface area contributed by atoms with Crippen LogP contribution in [0.15, 0.2) is 52.1 Å². The van der Waals surface area contributed by atoms with E-state index in [0.717, 1.165) is 36.8 Å². The zero-order valence-electron chi connectivity index (χ0n) is 21.0. The van der Waals surface area contributed by atoms with Gasteiger partial charge in [-0.25, -0.2) is 4.79 Å². The molecule has 2 N–H and O–H groups in total. The third-order valence-corrected chi connectivity index (χ3v) is 6.85. The fourth-order valence-corrected chi connectivity index (χ4v) is 4.93. The fourth-order valence-electron chi connectivity index (χ4n) is 4.93. The molecule has 8 nitrogen and oxygen atoms in total. The van der Waals surface area contributed by atoms with Crippen molar-refractivity contribution < 1.29 is 9.59 Å². The highest BCUT2D eigenvalue weighted by atomic mass is 16.2. The predicted octanol–water partition coefficient (Wildman–Crippen LogP) is 3.65. The lowest BCUT2D eigenvalue weighted by atomic mass is 10.1. The number of hydrogen-bond acceptors (Lipinski definition) is 4. The smallest absolute Gasteiger partial charge is 0.331 e. The lowest BCUT2D eigenvalue weighted by Gasteiger charge is -2.15. The molecule has 0 atom stereocenters. The molecular formula is C28H34N4O4. The third kappa shape index (κ3) is 5.93. The number of hydrogen-bond donors (Lipinski definition) is 2. The van der Waals surface area contributed by atoms with Gasteiger partial charge in [0.25, 0.3) is 5.56 Å². The largest absolute Gasteiger partial charge is 0.353 e. The normalized spacial score (nSPS) is 13.7. The van der Waals surface area contributed by atoms with Gasteiger partial charge in [0.2, 0.25) is 11.8 Å². The van der Waals surface area contributed by atoms with Gasteiger partial charge >= 0.3 is 5.69 Å². The monoisotopic (exact) mass is 490 g/mol.